The lowest BCUT2D eigenvalue weighted by molar-refractivity contribution is 0.410. The van der Waals surface area contributed by atoms with Gasteiger partial charge in [-0.05, 0) is 75.2 Å². The highest BCUT2D eigenvalue weighted by molar-refractivity contribution is 7.92. The first-order chi connectivity index (χ1) is 17.1. The molecular formula is C27H29N5O3S. The first-order valence-electron chi connectivity index (χ1n) is 11.4. The van der Waals surface area contributed by atoms with Crippen molar-refractivity contribution in [3.05, 3.63) is 89.1 Å². The third-order valence-corrected chi connectivity index (χ3v) is 7.08. The standard InChI is InChI=1S/C27H29N5O3S/c1-17-6-8-21(9-7-17)29-26-15-20(4)28-27(31-26)30-22-10-12-23(13-11-22)32-36(33,34)25-16-24(35-5)18(2)14-19(25)3/h6-16,32H,1-5H3,(H2,28,29,30,31). The number of nitrogens with zero attached hydrogens (tertiary/aromatic N) is 2. The number of ether oxygens (including phenoxy) is 1. The van der Waals surface area contributed by atoms with Crippen LogP contribution in [0.4, 0.5) is 28.8 Å². The van der Waals surface area contributed by atoms with E-state index in [0.29, 0.717) is 28.8 Å². The highest BCUT2D eigenvalue weighted by atomic mass is 32.2. The maximum atomic E-state index is 13.0. The van der Waals surface area contributed by atoms with Crippen molar-refractivity contribution in [3.8, 4) is 5.75 Å². The van der Waals surface area contributed by atoms with Gasteiger partial charge in [-0.2, -0.15) is 4.98 Å². The second-order valence-corrected chi connectivity index (χ2v) is 10.3. The normalized spacial score (nSPS) is 11.1. The predicted molar refractivity (Wildman–Crippen MR) is 144 cm³/mol. The van der Waals surface area contributed by atoms with E-state index >= 15 is 0 Å². The van der Waals surface area contributed by atoms with E-state index in [-0.39, 0.29) is 4.90 Å². The average molecular weight is 504 g/mol. The van der Waals surface area contributed by atoms with Crippen molar-refractivity contribution in [2.24, 2.45) is 0 Å². The number of hydrogen-bond acceptors (Lipinski definition) is 7. The molecule has 36 heavy (non-hydrogen) atoms. The van der Waals surface area contributed by atoms with Crippen LogP contribution in [0.5, 0.6) is 5.75 Å². The largest absolute Gasteiger partial charge is 0.496 e. The van der Waals surface area contributed by atoms with Crippen molar-refractivity contribution in [3.63, 3.8) is 0 Å². The lowest BCUT2D eigenvalue weighted by atomic mass is 10.1. The van der Waals surface area contributed by atoms with Gasteiger partial charge in [0, 0.05) is 34.9 Å². The van der Waals surface area contributed by atoms with Gasteiger partial charge in [0.05, 0.1) is 12.0 Å². The molecule has 1 aromatic heterocycles. The van der Waals surface area contributed by atoms with Gasteiger partial charge >= 0.3 is 0 Å². The van der Waals surface area contributed by atoms with E-state index in [1.165, 1.54) is 12.7 Å². The molecule has 3 aromatic carbocycles. The monoisotopic (exact) mass is 503 g/mol. The molecule has 8 nitrogen and oxygen atoms in total. The van der Waals surface area contributed by atoms with E-state index in [2.05, 4.69) is 25.3 Å². The first-order valence-corrected chi connectivity index (χ1v) is 12.9. The van der Waals surface area contributed by atoms with Crippen LogP contribution in [0, 0.1) is 27.7 Å². The van der Waals surface area contributed by atoms with Gasteiger partial charge in [0.1, 0.15) is 11.6 Å². The van der Waals surface area contributed by atoms with Crippen molar-refractivity contribution < 1.29 is 13.2 Å². The van der Waals surface area contributed by atoms with Crippen LogP contribution in [0.1, 0.15) is 22.4 Å². The highest BCUT2D eigenvalue weighted by Gasteiger charge is 2.19. The maximum Gasteiger partial charge on any atom is 0.262 e. The van der Waals surface area contributed by atoms with E-state index in [0.717, 1.165) is 22.6 Å². The number of anilines is 5. The fourth-order valence-corrected chi connectivity index (χ4v) is 5.06. The molecule has 9 heteroatoms. The molecule has 0 atom stereocenters. The Hall–Kier alpha value is -4.11. The summed E-state index contributed by atoms with van der Waals surface area (Å²) < 4.78 is 34.0. The topological polar surface area (TPSA) is 105 Å². The van der Waals surface area contributed by atoms with Crippen molar-refractivity contribution in [2.45, 2.75) is 32.6 Å². The summed E-state index contributed by atoms with van der Waals surface area (Å²) in [6, 6.07) is 20.1. The van der Waals surface area contributed by atoms with E-state index < -0.39 is 10.0 Å². The summed E-state index contributed by atoms with van der Waals surface area (Å²) in [5, 5.41) is 6.46. The number of methoxy groups -OCH3 is 1. The Labute approximate surface area is 211 Å². The zero-order valence-electron chi connectivity index (χ0n) is 20.9. The fraction of sp³-hybridized carbons (Fsp3) is 0.185. The second-order valence-electron chi connectivity index (χ2n) is 8.60. The zero-order valence-corrected chi connectivity index (χ0v) is 21.7. The summed E-state index contributed by atoms with van der Waals surface area (Å²) in [6.07, 6.45) is 0. The second kappa shape index (κ2) is 10.2. The minimum atomic E-state index is -3.79. The van der Waals surface area contributed by atoms with E-state index in [9.17, 15) is 8.42 Å². The fourth-order valence-electron chi connectivity index (χ4n) is 3.76. The molecule has 0 amide bonds. The molecule has 0 fully saturated rings. The number of sulfonamides is 1. The molecule has 0 bridgehead atoms. The smallest absolute Gasteiger partial charge is 0.262 e. The average Bonchev–Trinajstić information content (AvgIpc) is 2.81. The number of benzene rings is 3. The van der Waals surface area contributed by atoms with Crippen LogP contribution in [-0.2, 0) is 10.0 Å². The molecule has 0 aliphatic rings. The van der Waals surface area contributed by atoms with Crippen LogP contribution < -0.4 is 20.1 Å². The molecule has 4 rings (SSSR count). The van der Waals surface area contributed by atoms with Crippen LogP contribution in [0.25, 0.3) is 0 Å². The summed E-state index contributed by atoms with van der Waals surface area (Å²) in [5.41, 5.74) is 5.59. The summed E-state index contributed by atoms with van der Waals surface area (Å²) in [4.78, 5) is 9.17. The third kappa shape index (κ3) is 5.92. The minimum absolute atomic E-state index is 0.175. The van der Waals surface area contributed by atoms with E-state index in [4.69, 9.17) is 4.74 Å². The lowest BCUT2D eigenvalue weighted by Crippen LogP contribution is -2.14. The molecule has 3 N–H and O–H groups in total. The van der Waals surface area contributed by atoms with Crippen LogP contribution in [0.2, 0.25) is 0 Å². The maximum absolute atomic E-state index is 13.0. The van der Waals surface area contributed by atoms with E-state index in [1.54, 1.807) is 43.3 Å². The Bertz CT molecular complexity index is 1490. The Morgan fingerprint density at radius 2 is 1.33 bits per heavy atom. The number of rotatable bonds is 8. The summed E-state index contributed by atoms with van der Waals surface area (Å²) >= 11 is 0. The SMILES string of the molecule is COc1cc(S(=O)(=O)Nc2ccc(Nc3nc(C)cc(Nc4ccc(C)cc4)n3)cc2)c(C)cc1C. The van der Waals surface area contributed by atoms with Crippen molar-refractivity contribution in [1.82, 2.24) is 9.97 Å². The Kier molecular flexibility index (Phi) is 7.12. The zero-order chi connectivity index (χ0) is 25.9. The van der Waals surface area contributed by atoms with Gasteiger partial charge in [-0.3, -0.25) is 4.72 Å². The summed E-state index contributed by atoms with van der Waals surface area (Å²) in [6.45, 7) is 7.57. The van der Waals surface area contributed by atoms with Crippen molar-refractivity contribution in [1.29, 1.82) is 0 Å². The van der Waals surface area contributed by atoms with Gasteiger partial charge < -0.3 is 15.4 Å². The Morgan fingerprint density at radius 3 is 2.00 bits per heavy atom. The molecule has 4 aromatic rings. The molecule has 0 unspecified atom stereocenters. The van der Waals surface area contributed by atoms with Gasteiger partial charge in [-0.1, -0.05) is 23.8 Å². The molecule has 186 valence electrons. The molecule has 0 aliphatic carbocycles. The van der Waals surface area contributed by atoms with Gasteiger partial charge in [0.2, 0.25) is 5.95 Å². The number of nitrogens with one attached hydrogen (secondary N) is 3. The van der Waals surface area contributed by atoms with Gasteiger partial charge in [-0.25, -0.2) is 13.4 Å². The third-order valence-electron chi connectivity index (χ3n) is 5.55. The van der Waals surface area contributed by atoms with Crippen LogP contribution in [-0.4, -0.2) is 25.5 Å². The summed E-state index contributed by atoms with van der Waals surface area (Å²) in [5.74, 6) is 1.62. The highest BCUT2D eigenvalue weighted by Crippen LogP contribution is 2.28. The minimum Gasteiger partial charge on any atom is -0.496 e. The molecular weight excluding hydrogens is 474 g/mol. The number of hydrogen-bond donors (Lipinski definition) is 3. The molecule has 1 heterocycles. The Morgan fingerprint density at radius 1 is 0.722 bits per heavy atom. The first kappa shape index (κ1) is 25.0. The van der Waals surface area contributed by atoms with Gasteiger partial charge in [-0.15, -0.1) is 0 Å². The van der Waals surface area contributed by atoms with Crippen molar-refractivity contribution >= 4 is 38.9 Å². The van der Waals surface area contributed by atoms with Crippen LogP contribution in [0.15, 0.2) is 71.6 Å². The van der Waals surface area contributed by atoms with Crippen LogP contribution >= 0.6 is 0 Å². The van der Waals surface area contributed by atoms with E-state index in [1.807, 2.05) is 51.1 Å². The number of aryl methyl sites for hydroxylation is 4. The molecule has 0 saturated carbocycles. The van der Waals surface area contributed by atoms with Crippen molar-refractivity contribution in [2.75, 3.05) is 22.5 Å². The lowest BCUT2D eigenvalue weighted by Gasteiger charge is -2.14. The van der Waals surface area contributed by atoms with Crippen LogP contribution in [0.3, 0.4) is 0 Å². The number of aromatic nitrogens is 2. The summed E-state index contributed by atoms with van der Waals surface area (Å²) in [7, 11) is -2.27. The molecule has 0 radical (unpaired) electrons. The predicted octanol–water partition coefficient (Wildman–Crippen LogP) is 6.01. The Balaban J connectivity index is 1.48. The van der Waals surface area contributed by atoms with Gasteiger partial charge in [0.25, 0.3) is 10.0 Å². The quantitative estimate of drug-likeness (QED) is 0.270. The molecule has 0 aliphatic heterocycles. The molecule has 0 saturated heterocycles. The van der Waals surface area contributed by atoms with Gasteiger partial charge in [0.15, 0.2) is 0 Å². The molecule has 0 spiro atoms.